The largest absolute Gasteiger partial charge is 0.452 e. The number of alkyl halides is 2. The number of thioether (sulfide) groups is 1. The number of piperazine rings is 1. The van der Waals surface area contributed by atoms with Crippen LogP contribution in [0, 0.1) is 5.82 Å². The van der Waals surface area contributed by atoms with Crippen molar-refractivity contribution < 1.29 is 27.4 Å². The number of carbonyl (C=O) groups excluding carboxylic acids is 1. The molecule has 10 nitrogen and oxygen atoms in total. The molecule has 4 heterocycles. The Kier molecular flexibility index (Phi) is 10.2. The summed E-state index contributed by atoms with van der Waals surface area (Å²) < 4.78 is 55.7. The third-order valence-electron chi connectivity index (χ3n) is 7.77. The van der Waals surface area contributed by atoms with Gasteiger partial charge in [0.1, 0.15) is 28.6 Å². The number of ether oxygens (including phenoxy) is 2. The molecule has 1 amide bonds. The fourth-order valence-electron chi connectivity index (χ4n) is 5.57. The molecular formula is C32H37ClF3N7O3S. The first-order chi connectivity index (χ1) is 22.2. The number of aromatic nitrogens is 3. The molecule has 3 aromatic rings. The molecule has 0 radical (unpaired) electrons. The van der Waals surface area contributed by atoms with Crippen molar-refractivity contribution in [3.05, 3.63) is 51.4 Å². The van der Waals surface area contributed by atoms with Gasteiger partial charge in [-0.15, -0.1) is 11.8 Å². The minimum atomic E-state index is -2.78. The average molecular weight is 692 g/mol. The van der Waals surface area contributed by atoms with E-state index < -0.39 is 28.8 Å². The number of hydrogen-bond donors (Lipinski definition) is 0. The van der Waals surface area contributed by atoms with E-state index in [1.165, 1.54) is 24.2 Å². The second-order valence-corrected chi connectivity index (χ2v) is 14.0. The number of amides is 1. The van der Waals surface area contributed by atoms with E-state index in [-0.39, 0.29) is 36.1 Å². The van der Waals surface area contributed by atoms with Crippen LogP contribution in [0.4, 0.5) is 23.8 Å². The number of pyridine rings is 1. The summed E-state index contributed by atoms with van der Waals surface area (Å²) in [5.74, 6) is -3.13. The van der Waals surface area contributed by atoms with Crippen molar-refractivity contribution in [3.63, 3.8) is 0 Å². The molecule has 1 aromatic carbocycles. The Balaban J connectivity index is 1.52. The van der Waals surface area contributed by atoms with Gasteiger partial charge < -0.3 is 19.3 Å². The van der Waals surface area contributed by atoms with Crippen LogP contribution in [0.5, 0.6) is 6.01 Å². The van der Waals surface area contributed by atoms with Gasteiger partial charge in [-0.25, -0.2) is 18.0 Å². The molecule has 0 N–H and O–H groups in total. The van der Waals surface area contributed by atoms with E-state index in [1.807, 2.05) is 4.90 Å². The Morgan fingerprint density at radius 3 is 2.60 bits per heavy atom. The molecule has 2 aliphatic rings. The Morgan fingerprint density at radius 1 is 1.23 bits per heavy atom. The zero-order chi connectivity index (χ0) is 34.1. The predicted octanol–water partition coefficient (Wildman–Crippen LogP) is 4.90. The monoisotopic (exact) mass is 691 g/mol. The maximum absolute atomic E-state index is 16.5. The van der Waals surface area contributed by atoms with Gasteiger partial charge in [0.15, 0.2) is 5.82 Å². The summed E-state index contributed by atoms with van der Waals surface area (Å²) in [6.45, 7) is 11.8. The zero-order valence-corrected chi connectivity index (χ0v) is 28.5. The van der Waals surface area contributed by atoms with Crippen LogP contribution in [0.3, 0.4) is 0 Å². The van der Waals surface area contributed by atoms with Crippen LogP contribution in [-0.2, 0) is 4.74 Å². The van der Waals surface area contributed by atoms with Crippen molar-refractivity contribution in [2.75, 3.05) is 50.6 Å². The number of nitrogens with zero attached hydrogens (tertiary/aromatic N) is 7. The molecule has 2 fully saturated rings. The van der Waals surface area contributed by atoms with Gasteiger partial charge in [0, 0.05) is 60.5 Å². The Hall–Kier alpha value is -3.62. The van der Waals surface area contributed by atoms with Gasteiger partial charge in [0.05, 0.1) is 17.3 Å². The van der Waals surface area contributed by atoms with Gasteiger partial charge in [-0.3, -0.25) is 14.9 Å². The highest BCUT2D eigenvalue weighted by atomic mass is 35.5. The first kappa shape index (κ1) is 34.7. The van der Waals surface area contributed by atoms with E-state index in [1.54, 1.807) is 62.7 Å². The number of hydrogen-bond acceptors (Lipinski definition) is 10. The molecular weight excluding hydrogens is 655 g/mol. The lowest BCUT2D eigenvalue weighted by Gasteiger charge is -2.36. The number of carbonyl (C=O) groups is 1. The van der Waals surface area contributed by atoms with Crippen LogP contribution in [0.2, 0.25) is 5.02 Å². The van der Waals surface area contributed by atoms with Gasteiger partial charge in [-0.2, -0.15) is 9.97 Å². The molecule has 15 heteroatoms. The number of fused-ring (bicyclic) bond motifs is 1. The molecule has 0 spiro atoms. The highest BCUT2D eigenvalue weighted by Gasteiger charge is 2.43. The topological polar surface area (TPSA) is 96.3 Å². The lowest BCUT2D eigenvalue weighted by molar-refractivity contribution is 0.0143. The number of anilines is 1. The maximum Gasteiger partial charge on any atom is 0.410 e. The quantitative estimate of drug-likeness (QED) is 0.253. The molecule has 0 saturated carbocycles. The first-order valence-electron chi connectivity index (χ1n) is 15.0. The van der Waals surface area contributed by atoms with Crippen molar-refractivity contribution in [1.82, 2.24) is 24.8 Å². The van der Waals surface area contributed by atoms with Crippen LogP contribution >= 0.6 is 23.4 Å². The molecule has 0 bridgehead atoms. The van der Waals surface area contributed by atoms with Crippen LogP contribution < -0.4 is 20.1 Å². The number of halogens is 4. The van der Waals surface area contributed by atoms with Crippen molar-refractivity contribution in [2.45, 2.75) is 51.0 Å². The van der Waals surface area contributed by atoms with Crippen molar-refractivity contribution in [2.24, 2.45) is 4.99 Å². The summed E-state index contributed by atoms with van der Waals surface area (Å²) in [5, 5.41) is 1.46. The van der Waals surface area contributed by atoms with E-state index >= 15 is 4.39 Å². The molecule has 2 aliphatic heterocycles. The van der Waals surface area contributed by atoms with Crippen molar-refractivity contribution >= 4 is 64.7 Å². The zero-order valence-electron chi connectivity index (χ0n) is 26.9. The lowest BCUT2D eigenvalue weighted by Crippen LogP contribution is -2.50. The van der Waals surface area contributed by atoms with E-state index in [4.69, 9.17) is 21.1 Å². The minimum absolute atomic E-state index is 0.0267. The first-order valence-corrected chi connectivity index (χ1v) is 16.4. The summed E-state index contributed by atoms with van der Waals surface area (Å²) in [6, 6.07) is 5.13. The summed E-state index contributed by atoms with van der Waals surface area (Å²) in [4.78, 5) is 35.1. The predicted molar refractivity (Wildman–Crippen MR) is 179 cm³/mol. The lowest BCUT2D eigenvalue weighted by atomic mass is 10.1. The third-order valence-corrected chi connectivity index (χ3v) is 9.26. The number of benzene rings is 1. The Labute approximate surface area is 280 Å². The fraction of sp³-hybridized carbons (Fsp3) is 0.469. The summed E-state index contributed by atoms with van der Waals surface area (Å²) in [5.41, 5.74) is -0.179. The smallest absolute Gasteiger partial charge is 0.410 e. The van der Waals surface area contributed by atoms with Crippen LogP contribution in [0.1, 0.15) is 39.8 Å². The normalized spacial score (nSPS) is 19.7. The van der Waals surface area contributed by atoms with Crippen LogP contribution in [-0.4, -0.2) is 100 Å². The number of likely N-dealkylation sites (tertiary alicyclic amines) is 1. The van der Waals surface area contributed by atoms with E-state index in [0.29, 0.717) is 58.4 Å². The van der Waals surface area contributed by atoms with Crippen molar-refractivity contribution in [1.29, 1.82) is 0 Å². The van der Waals surface area contributed by atoms with Crippen LogP contribution in [0.15, 0.2) is 29.4 Å². The Bertz CT molecular complexity index is 1800. The van der Waals surface area contributed by atoms with Gasteiger partial charge in [-0.1, -0.05) is 23.7 Å². The SMILES string of the molecule is C=N/C=c1/cccc(Cl)/c1=C(/C)c1ncc2c(N3CCN(C(=O)OC(C)(C)C)CC3)nc(OCSC3CC(F)(F)CN3C)nc2c1F. The van der Waals surface area contributed by atoms with Gasteiger partial charge in [0.25, 0.3) is 5.92 Å². The average Bonchev–Trinajstić information content (AvgIpc) is 3.27. The summed E-state index contributed by atoms with van der Waals surface area (Å²) in [6.07, 6.45) is 2.32. The van der Waals surface area contributed by atoms with E-state index in [9.17, 15) is 13.6 Å². The molecule has 0 aliphatic carbocycles. The molecule has 5 rings (SSSR count). The third kappa shape index (κ3) is 7.92. The maximum atomic E-state index is 16.5. The number of rotatable bonds is 7. The standard InChI is InChI=1S/C32H37ClF3N7O3S/c1-19(24-20(15-37-5)8-7-9-22(24)33)26-25(34)27-21(16-38-26)28(42-10-12-43(13-11-42)30(44)46-31(2,3)4)40-29(39-27)45-18-47-23-14-32(35,36)17-41(23)6/h7-9,15-16,23H,5,10-14,17-18H2,1-4,6H3/b20-15-,24-19-. The molecule has 252 valence electrons. The Morgan fingerprint density at radius 2 is 1.96 bits per heavy atom. The minimum Gasteiger partial charge on any atom is -0.452 e. The highest BCUT2D eigenvalue weighted by Crippen LogP contribution is 2.37. The fourth-order valence-corrected chi connectivity index (χ4v) is 6.92. The molecule has 1 atom stereocenters. The van der Waals surface area contributed by atoms with Crippen molar-refractivity contribution in [3.8, 4) is 6.01 Å². The van der Waals surface area contributed by atoms with Gasteiger partial charge in [0.2, 0.25) is 0 Å². The molecule has 47 heavy (non-hydrogen) atoms. The highest BCUT2D eigenvalue weighted by molar-refractivity contribution is 7.99. The second kappa shape index (κ2) is 13.9. The molecule has 2 saturated heterocycles. The second-order valence-electron chi connectivity index (χ2n) is 12.5. The van der Waals surface area contributed by atoms with E-state index in [0.717, 1.165) is 0 Å². The van der Waals surface area contributed by atoms with Crippen LogP contribution in [0.25, 0.3) is 22.7 Å². The molecule has 1 unspecified atom stereocenters. The summed E-state index contributed by atoms with van der Waals surface area (Å²) in [7, 11) is 1.64. The van der Waals surface area contributed by atoms with Gasteiger partial charge >= 0.3 is 12.1 Å². The van der Waals surface area contributed by atoms with Gasteiger partial charge in [-0.05, 0) is 53.1 Å². The summed E-state index contributed by atoms with van der Waals surface area (Å²) >= 11 is 7.74. The molecule has 2 aromatic heterocycles. The van der Waals surface area contributed by atoms with E-state index in [2.05, 4.69) is 26.7 Å². The number of aliphatic imine (C=N–C) groups is 1.